The smallest absolute Gasteiger partial charge is 0.373 e. The third-order valence-electron chi connectivity index (χ3n) is 4.32. The fraction of sp³-hybridized carbons (Fsp3) is 0.111. The van der Waals surface area contributed by atoms with Crippen molar-refractivity contribution in [2.75, 3.05) is 0 Å². The predicted molar refractivity (Wildman–Crippen MR) is 102 cm³/mol. The summed E-state index contributed by atoms with van der Waals surface area (Å²) in [6.45, 7) is 0.229. The number of carboxylic acid groups (broad SMARTS) is 1. The first-order valence-electron chi connectivity index (χ1n) is 7.97. The lowest BCUT2D eigenvalue weighted by atomic mass is 10.0. The lowest BCUT2D eigenvalue weighted by molar-refractivity contribution is 0.0677. The van der Waals surface area contributed by atoms with Gasteiger partial charge in [-0.05, 0) is 12.1 Å². The number of benzene rings is 2. The molecule has 0 fully saturated rings. The van der Waals surface area contributed by atoms with E-state index >= 15 is 0 Å². The lowest BCUT2D eigenvalue weighted by Gasteiger charge is -2.07. The second kappa shape index (κ2) is 6.68. The first-order valence-corrected chi connectivity index (χ1v) is 8.72. The van der Waals surface area contributed by atoms with Crippen molar-refractivity contribution in [3.05, 3.63) is 64.3 Å². The highest BCUT2D eigenvalue weighted by Crippen LogP contribution is 2.35. The largest absolute Gasteiger partial charge is 0.475 e. The normalized spacial score (nSPS) is 11.2. The lowest BCUT2D eigenvalue weighted by Crippen LogP contribution is -2.14. The number of fused-ring (bicyclic) bond motifs is 1. The molecule has 0 saturated heterocycles. The maximum absolute atomic E-state index is 11.3. The molecule has 9 heteroatoms. The van der Waals surface area contributed by atoms with Crippen molar-refractivity contribution in [1.29, 1.82) is 0 Å². The fourth-order valence-corrected chi connectivity index (χ4v) is 3.58. The third-order valence-corrected chi connectivity index (χ3v) is 4.86. The number of carbonyl (C=O) groups is 1. The molecule has 7 nitrogen and oxygen atoms in total. The Morgan fingerprint density at radius 1 is 1.19 bits per heavy atom. The van der Waals surface area contributed by atoms with Crippen LogP contribution in [-0.2, 0) is 13.6 Å². The number of aromatic carboxylic acids is 1. The van der Waals surface area contributed by atoms with Crippen LogP contribution in [0.4, 0.5) is 0 Å². The van der Waals surface area contributed by atoms with E-state index in [4.69, 9.17) is 23.2 Å². The van der Waals surface area contributed by atoms with E-state index < -0.39 is 5.97 Å². The number of aryl methyl sites for hydroxylation is 1. The Bertz CT molecular complexity index is 1180. The molecular weight excluding hydrogens is 389 g/mol. The van der Waals surface area contributed by atoms with E-state index in [0.717, 1.165) is 27.7 Å². The number of nitrogens with zero attached hydrogens (tertiary/aromatic N) is 5. The van der Waals surface area contributed by atoms with Crippen LogP contribution >= 0.6 is 23.2 Å². The summed E-state index contributed by atoms with van der Waals surface area (Å²) in [6, 6.07) is 11.1. The van der Waals surface area contributed by atoms with Crippen LogP contribution < -0.4 is 0 Å². The Balaban J connectivity index is 1.86. The Morgan fingerprint density at radius 2 is 2.00 bits per heavy atom. The van der Waals surface area contributed by atoms with Crippen LogP contribution in [0.5, 0.6) is 0 Å². The summed E-state index contributed by atoms with van der Waals surface area (Å²) in [5.41, 5.74) is 3.26. The van der Waals surface area contributed by atoms with Crippen LogP contribution in [0.1, 0.15) is 16.3 Å². The zero-order chi connectivity index (χ0) is 19.1. The van der Waals surface area contributed by atoms with Crippen LogP contribution in [0.15, 0.2) is 42.7 Å². The van der Waals surface area contributed by atoms with Gasteiger partial charge in [-0.1, -0.05) is 47.5 Å². The van der Waals surface area contributed by atoms with Gasteiger partial charge in [-0.3, -0.25) is 4.68 Å². The summed E-state index contributed by atoms with van der Waals surface area (Å²) in [5, 5.41) is 19.9. The highest BCUT2D eigenvalue weighted by atomic mass is 35.5. The number of halogens is 2. The average molecular weight is 402 g/mol. The highest BCUT2D eigenvalue weighted by molar-refractivity contribution is 6.36. The molecule has 1 N–H and O–H groups in total. The van der Waals surface area contributed by atoms with Gasteiger partial charge < -0.3 is 5.11 Å². The quantitative estimate of drug-likeness (QED) is 0.560. The molecule has 0 unspecified atom stereocenters. The van der Waals surface area contributed by atoms with Gasteiger partial charge in [-0.25, -0.2) is 14.5 Å². The molecule has 27 heavy (non-hydrogen) atoms. The number of hydrogen-bond donors (Lipinski definition) is 1. The maximum atomic E-state index is 11.3. The number of hydrogen-bond acceptors (Lipinski definition) is 4. The molecule has 0 aliphatic carbocycles. The molecule has 0 radical (unpaired) electrons. The molecule has 2 heterocycles. The first-order chi connectivity index (χ1) is 13.0. The molecule has 0 aliphatic rings. The van der Waals surface area contributed by atoms with Gasteiger partial charge in [-0.2, -0.15) is 10.2 Å². The van der Waals surface area contributed by atoms with E-state index in [1.165, 1.54) is 11.0 Å². The van der Waals surface area contributed by atoms with Gasteiger partial charge in [0.25, 0.3) is 0 Å². The van der Waals surface area contributed by atoms with Gasteiger partial charge in [0.2, 0.25) is 5.82 Å². The summed E-state index contributed by atoms with van der Waals surface area (Å²) < 4.78 is 3.05. The Hall–Kier alpha value is -2.90. The second-order valence-corrected chi connectivity index (χ2v) is 6.79. The Labute approximate surface area is 163 Å². The topological polar surface area (TPSA) is 85.8 Å². The monoisotopic (exact) mass is 401 g/mol. The van der Waals surface area contributed by atoms with E-state index in [2.05, 4.69) is 15.2 Å². The highest BCUT2D eigenvalue weighted by Gasteiger charge is 2.18. The molecule has 0 aliphatic heterocycles. The summed E-state index contributed by atoms with van der Waals surface area (Å²) in [7, 11) is 1.81. The first kappa shape index (κ1) is 17.5. The maximum Gasteiger partial charge on any atom is 0.373 e. The van der Waals surface area contributed by atoms with Crippen molar-refractivity contribution in [2.45, 2.75) is 6.54 Å². The van der Waals surface area contributed by atoms with Gasteiger partial charge in [-0.15, -0.1) is 0 Å². The van der Waals surface area contributed by atoms with Crippen LogP contribution in [0, 0.1) is 0 Å². The third kappa shape index (κ3) is 3.05. The number of aromatic nitrogens is 5. The SMILES string of the molecule is Cn1nc2c(-c3ccc(Cl)cc3Cl)cccc2c1Cn1ncnc1C(=O)O. The van der Waals surface area contributed by atoms with Crippen molar-refractivity contribution in [1.82, 2.24) is 24.5 Å². The Kier molecular flexibility index (Phi) is 4.33. The van der Waals surface area contributed by atoms with Crippen molar-refractivity contribution in [3.63, 3.8) is 0 Å². The molecule has 4 rings (SSSR count). The van der Waals surface area contributed by atoms with Crippen molar-refractivity contribution in [3.8, 4) is 11.1 Å². The summed E-state index contributed by atoms with van der Waals surface area (Å²) >= 11 is 12.4. The van der Waals surface area contributed by atoms with Crippen molar-refractivity contribution < 1.29 is 9.90 Å². The van der Waals surface area contributed by atoms with Crippen LogP contribution in [0.2, 0.25) is 10.0 Å². The van der Waals surface area contributed by atoms with E-state index in [9.17, 15) is 9.90 Å². The van der Waals surface area contributed by atoms with Gasteiger partial charge in [0.05, 0.1) is 12.2 Å². The molecular formula is C18H13Cl2N5O2. The van der Waals surface area contributed by atoms with Crippen molar-refractivity contribution >= 4 is 40.1 Å². The molecule has 0 amide bonds. The zero-order valence-corrected chi connectivity index (χ0v) is 15.6. The predicted octanol–water partition coefficient (Wildman–Crippen LogP) is 3.89. The van der Waals surface area contributed by atoms with Gasteiger partial charge in [0.1, 0.15) is 11.8 Å². The van der Waals surface area contributed by atoms with Gasteiger partial charge >= 0.3 is 5.97 Å². The van der Waals surface area contributed by atoms with Crippen LogP contribution in [0.25, 0.3) is 22.0 Å². The molecule has 0 bridgehead atoms. The second-order valence-electron chi connectivity index (χ2n) is 5.94. The molecule has 2 aromatic heterocycles. The summed E-state index contributed by atoms with van der Waals surface area (Å²) in [6.07, 6.45) is 1.22. The fourth-order valence-electron chi connectivity index (χ4n) is 3.07. The summed E-state index contributed by atoms with van der Waals surface area (Å²) in [4.78, 5) is 15.1. The van der Waals surface area contributed by atoms with Crippen molar-refractivity contribution in [2.24, 2.45) is 7.05 Å². The minimum atomic E-state index is -1.13. The van der Waals surface area contributed by atoms with Crippen LogP contribution in [-0.4, -0.2) is 35.6 Å². The molecule has 0 atom stereocenters. The molecule has 4 aromatic rings. The molecule has 0 spiro atoms. The van der Waals surface area contributed by atoms with Gasteiger partial charge in [0, 0.05) is 33.6 Å². The van der Waals surface area contributed by atoms with Gasteiger partial charge in [0.15, 0.2) is 0 Å². The van der Waals surface area contributed by atoms with E-state index in [1.54, 1.807) is 23.9 Å². The Morgan fingerprint density at radius 3 is 2.74 bits per heavy atom. The molecule has 136 valence electrons. The molecule has 2 aromatic carbocycles. The van der Waals surface area contributed by atoms with E-state index in [1.807, 2.05) is 24.3 Å². The average Bonchev–Trinajstić information content (AvgIpc) is 3.20. The number of carboxylic acids is 1. The zero-order valence-electron chi connectivity index (χ0n) is 14.1. The van der Waals surface area contributed by atoms with E-state index in [-0.39, 0.29) is 12.4 Å². The summed E-state index contributed by atoms with van der Waals surface area (Å²) in [5.74, 6) is -1.26. The van der Waals surface area contributed by atoms with E-state index in [0.29, 0.717) is 10.0 Å². The minimum Gasteiger partial charge on any atom is -0.475 e. The number of rotatable bonds is 4. The molecule has 0 saturated carbocycles. The minimum absolute atomic E-state index is 0.124. The standard InChI is InChI=1S/C18H13Cl2N5O2/c1-24-15(8-25-17(18(26)27)21-9-22-25)13-4-2-3-12(16(13)23-24)11-6-5-10(19)7-14(11)20/h2-7,9H,8H2,1H3,(H,26,27). The van der Waals surface area contributed by atoms with Crippen LogP contribution in [0.3, 0.4) is 0 Å².